The maximum absolute atomic E-state index is 13.0. The Morgan fingerprint density at radius 1 is 0.931 bits per heavy atom. The highest BCUT2D eigenvalue weighted by Crippen LogP contribution is 2.41. The molecule has 8 rings (SSSR count). The van der Waals surface area contributed by atoms with Crippen LogP contribution in [0.2, 0.25) is 10.0 Å². The summed E-state index contributed by atoms with van der Waals surface area (Å²) in [5, 5.41) is 9.67. The third kappa shape index (κ3) is 9.10. The van der Waals surface area contributed by atoms with Gasteiger partial charge in [0.15, 0.2) is 0 Å². The van der Waals surface area contributed by atoms with Gasteiger partial charge in [0.1, 0.15) is 44.0 Å². The van der Waals surface area contributed by atoms with Crippen LogP contribution in [0.5, 0.6) is 0 Å². The lowest BCUT2D eigenvalue weighted by molar-refractivity contribution is -0.191. The molecule has 12 nitrogen and oxygen atoms in total. The monoisotopic (exact) mass is 828 g/mol. The fourth-order valence-electron chi connectivity index (χ4n) is 8.58. The predicted octanol–water partition coefficient (Wildman–Crippen LogP) is 8.47. The summed E-state index contributed by atoms with van der Waals surface area (Å²) in [6.07, 6.45) is 21.7. The molecule has 0 N–H and O–H groups in total. The SMILES string of the molecule is CCC(C)n1ncn(-c2ccc(N3CCN(C4=C[C@H]5CCCCCCC/C(=C(/OC[C@@H]6CO[C@@](Cn7cncn7)(c7ccc(Cl)cc7Cl)O6)C=C4)C5)CC3)cc2)c1=O. The molecule has 2 aromatic heterocycles. The van der Waals surface area contributed by atoms with E-state index in [4.69, 9.17) is 37.4 Å². The van der Waals surface area contributed by atoms with Crippen LogP contribution in [0.25, 0.3) is 5.69 Å². The zero-order valence-corrected chi connectivity index (χ0v) is 35.0. The van der Waals surface area contributed by atoms with Crippen molar-refractivity contribution >= 4 is 28.9 Å². The molecule has 308 valence electrons. The number of allylic oxidation sites excluding steroid dienone is 4. The van der Waals surface area contributed by atoms with Gasteiger partial charge in [-0.15, -0.1) is 0 Å². The molecule has 0 radical (unpaired) electrons. The number of aromatic nitrogens is 6. The highest BCUT2D eigenvalue weighted by atomic mass is 35.5. The van der Waals surface area contributed by atoms with Crippen LogP contribution in [0.3, 0.4) is 0 Å². The van der Waals surface area contributed by atoms with Gasteiger partial charge in [-0.3, -0.25) is 0 Å². The molecule has 14 heteroatoms. The molecule has 58 heavy (non-hydrogen) atoms. The van der Waals surface area contributed by atoms with Crippen molar-refractivity contribution in [2.24, 2.45) is 5.92 Å². The number of nitrogens with zero attached hydrogens (tertiary/aromatic N) is 8. The molecule has 4 heterocycles. The number of ether oxygens (including phenoxy) is 3. The van der Waals surface area contributed by atoms with E-state index >= 15 is 0 Å². The van der Waals surface area contributed by atoms with E-state index in [1.165, 1.54) is 56.1 Å². The topological polar surface area (TPSA) is 105 Å². The predicted molar refractivity (Wildman–Crippen MR) is 226 cm³/mol. The van der Waals surface area contributed by atoms with Crippen LogP contribution in [-0.4, -0.2) is 79.5 Å². The van der Waals surface area contributed by atoms with E-state index in [2.05, 4.69) is 62.3 Å². The molecule has 2 aliphatic carbocycles. The third-order valence-corrected chi connectivity index (χ3v) is 12.6. The van der Waals surface area contributed by atoms with Gasteiger partial charge in [-0.2, -0.15) is 10.2 Å². The first kappa shape index (κ1) is 40.4. The van der Waals surface area contributed by atoms with Gasteiger partial charge in [-0.25, -0.2) is 23.7 Å². The Kier molecular flexibility index (Phi) is 12.7. The van der Waals surface area contributed by atoms with Crippen LogP contribution in [0.4, 0.5) is 5.69 Å². The van der Waals surface area contributed by atoms with Gasteiger partial charge >= 0.3 is 5.69 Å². The molecule has 4 aliphatic rings. The van der Waals surface area contributed by atoms with Crippen molar-refractivity contribution in [1.82, 2.24) is 34.0 Å². The summed E-state index contributed by atoms with van der Waals surface area (Å²) in [4.78, 5) is 22.1. The Morgan fingerprint density at radius 3 is 2.48 bits per heavy atom. The number of halogens is 2. The van der Waals surface area contributed by atoms with Crippen molar-refractivity contribution < 1.29 is 14.2 Å². The van der Waals surface area contributed by atoms with E-state index in [9.17, 15) is 4.79 Å². The molecular weight excluding hydrogens is 775 g/mol. The van der Waals surface area contributed by atoms with Gasteiger partial charge in [0.25, 0.3) is 0 Å². The first-order chi connectivity index (χ1) is 28.3. The lowest BCUT2D eigenvalue weighted by Crippen LogP contribution is -2.45. The van der Waals surface area contributed by atoms with Crippen LogP contribution < -0.4 is 10.6 Å². The summed E-state index contributed by atoms with van der Waals surface area (Å²) in [5.41, 5.74) is 5.21. The summed E-state index contributed by atoms with van der Waals surface area (Å²) in [6, 6.07) is 13.7. The smallest absolute Gasteiger partial charge is 0.350 e. The second-order valence-corrected chi connectivity index (χ2v) is 16.8. The van der Waals surface area contributed by atoms with Gasteiger partial charge in [0, 0.05) is 48.1 Å². The standard InChI is InChI=1S/C44H54Cl2N8O4/c1-3-32(2)54-43(55)53(31-49-54)37-14-12-36(13-15-37)50-19-21-51(22-20-50)38-16-18-42(34-10-8-6-4-5-7-9-33(23-34)24-38)56-26-39-27-57-44(58-39,28-52-30-47-29-48-52)40-17-11-35(45)25-41(40)46/h11-18,24-25,29-33,39H,3-10,19-23,26-28H2,1-2H3/b18-16?,38-24?,42-34-/t32?,33-,39+,44+/m0/s1. The van der Waals surface area contributed by atoms with Crippen molar-refractivity contribution in [3.05, 3.63) is 123 Å². The van der Waals surface area contributed by atoms with Crippen molar-refractivity contribution in [1.29, 1.82) is 0 Å². The Balaban J connectivity index is 0.956. The van der Waals surface area contributed by atoms with E-state index in [0.717, 1.165) is 62.6 Å². The number of hydrogen-bond donors (Lipinski definition) is 0. The van der Waals surface area contributed by atoms with E-state index in [1.54, 1.807) is 38.7 Å². The van der Waals surface area contributed by atoms with Crippen LogP contribution >= 0.6 is 23.2 Å². The quantitative estimate of drug-likeness (QED) is 0.147. The van der Waals surface area contributed by atoms with E-state index in [-0.39, 0.29) is 24.4 Å². The minimum absolute atomic E-state index is 0.0620. The highest BCUT2D eigenvalue weighted by Gasteiger charge is 2.46. The van der Waals surface area contributed by atoms with E-state index in [1.807, 2.05) is 25.1 Å². The maximum atomic E-state index is 13.0. The summed E-state index contributed by atoms with van der Waals surface area (Å²) in [5.74, 6) is 0.223. The molecule has 0 amide bonds. The Labute approximate surface area is 350 Å². The summed E-state index contributed by atoms with van der Waals surface area (Å²) < 4.78 is 24.8. The number of hydrogen-bond acceptors (Lipinski definition) is 9. The molecule has 0 spiro atoms. The van der Waals surface area contributed by atoms with Crippen LogP contribution in [0.15, 0.2) is 101 Å². The van der Waals surface area contributed by atoms with Gasteiger partial charge in [-0.05, 0) is 99.1 Å². The molecule has 4 aromatic rings. The minimum atomic E-state index is -1.17. The lowest BCUT2D eigenvalue weighted by Gasteiger charge is -2.38. The van der Waals surface area contributed by atoms with Crippen molar-refractivity contribution in [2.75, 3.05) is 44.3 Å². The first-order valence-corrected chi connectivity index (χ1v) is 21.6. The fourth-order valence-corrected chi connectivity index (χ4v) is 9.13. The van der Waals surface area contributed by atoms with E-state index in [0.29, 0.717) is 34.7 Å². The van der Waals surface area contributed by atoms with Crippen LogP contribution in [0.1, 0.15) is 83.2 Å². The average molecular weight is 830 g/mol. The van der Waals surface area contributed by atoms with Gasteiger partial charge in [0.2, 0.25) is 5.79 Å². The first-order valence-electron chi connectivity index (χ1n) is 20.9. The Hall–Kier alpha value is -4.36. The number of benzene rings is 2. The maximum Gasteiger partial charge on any atom is 0.350 e. The van der Waals surface area contributed by atoms with Crippen molar-refractivity contribution in [2.45, 2.75) is 96.1 Å². The number of anilines is 1. The average Bonchev–Trinajstić information content (AvgIpc) is 4.00. The van der Waals surface area contributed by atoms with Gasteiger partial charge in [0.05, 0.1) is 23.4 Å². The number of piperazine rings is 1. The molecule has 2 aromatic carbocycles. The molecule has 2 aliphatic heterocycles. The molecule has 2 bridgehead atoms. The second kappa shape index (κ2) is 18.3. The normalized spacial score (nSPS) is 24.9. The van der Waals surface area contributed by atoms with Crippen molar-refractivity contribution in [3.8, 4) is 5.69 Å². The molecule has 3 fully saturated rings. The molecular formula is C44H54Cl2N8O4. The van der Waals surface area contributed by atoms with Crippen LogP contribution in [0, 0.1) is 5.92 Å². The highest BCUT2D eigenvalue weighted by molar-refractivity contribution is 6.35. The fraction of sp³-hybridized carbons (Fsp3) is 0.500. The summed E-state index contributed by atoms with van der Waals surface area (Å²) in [6.45, 7) is 8.65. The number of fused-ring (bicyclic) bond motifs is 2. The van der Waals surface area contributed by atoms with E-state index < -0.39 is 5.79 Å². The molecule has 2 saturated heterocycles. The van der Waals surface area contributed by atoms with Gasteiger partial charge in [-0.1, -0.05) is 68.0 Å². The molecule has 1 unspecified atom stereocenters. The third-order valence-electron chi connectivity index (χ3n) is 12.0. The zero-order valence-electron chi connectivity index (χ0n) is 33.5. The lowest BCUT2D eigenvalue weighted by atomic mass is 9.86. The second-order valence-electron chi connectivity index (χ2n) is 16.0. The summed E-state index contributed by atoms with van der Waals surface area (Å²) in [7, 11) is 0. The Morgan fingerprint density at radius 2 is 1.71 bits per heavy atom. The molecule has 1 saturated carbocycles. The zero-order chi connectivity index (χ0) is 40.1. The minimum Gasteiger partial charge on any atom is -0.491 e. The van der Waals surface area contributed by atoms with Gasteiger partial charge < -0.3 is 24.0 Å². The number of rotatable bonds is 11. The summed E-state index contributed by atoms with van der Waals surface area (Å²) >= 11 is 13.0. The van der Waals surface area contributed by atoms with Crippen molar-refractivity contribution in [3.63, 3.8) is 0 Å². The largest absolute Gasteiger partial charge is 0.491 e. The molecule has 4 atom stereocenters. The van der Waals surface area contributed by atoms with Crippen LogP contribution in [-0.2, 0) is 26.5 Å². The Bertz CT molecular complexity index is 2160.